The second-order valence-electron chi connectivity index (χ2n) is 29.0. The third-order valence-corrected chi connectivity index (χ3v) is 23.0. The number of hydrogen-bond donors (Lipinski definition) is 0. The van der Waals surface area contributed by atoms with Crippen LogP contribution in [0.15, 0.2) is 370 Å². The maximum absolute atomic E-state index is 5.22. The first-order valence-electron chi connectivity index (χ1n) is 37.3. The van der Waals surface area contributed by atoms with Crippen LogP contribution in [0.4, 0.5) is 0 Å². The van der Waals surface area contributed by atoms with E-state index >= 15 is 0 Å². The maximum Gasteiger partial charge on any atom is 0.238 e. The number of fused-ring (bicyclic) bond motifs is 12. The van der Waals surface area contributed by atoms with Gasteiger partial charge in [0.25, 0.3) is 0 Å². The van der Waals surface area contributed by atoms with E-state index in [0.717, 1.165) is 88.7 Å². The van der Waals surface area contributed by atoms with Crippen LogP contribution in [0.3, 0.4) is 0 Å². The smallest absolute Gasteiger partial charge is 0.238 e. The molecule has 0 saturated carbocycles. The Morgan fingerprint density at radius 3 is 0.918 bits per heavy atom. The van der Waals surface area contributed by atoms with Crippen molar-refractivity contribution in [3.63, 3.8) is 0 Å². The molecular weight excluding hydrogens is 1360 g/mol. The second-order valence-corrected chi connectivity index (χ2v) is 33.8. The Kier molecular flexibility index (Phi) is 16.0. The highest BCUT2D eigenvalue weighted by molar-refractivity contribution is 6.76. The Labute approximate surface area is 636 Å². The van der Waals surface area contributed by atoms with Gasteiger partial charge in [0.2, 0.25) is 5.95 Å². The summed E-state index contributed by atoms with van der Waals surface area (Å²) in [6.07, 6.45) is 0. The van der Waals surface area contributed by atoms with Gasteiger partial charge < -0.3 is 13.4 Å². The fourth-order valence-corrected chi connectivity index (χ4v) is 18.0. The Morgan fingerprint density at radius 2 is 0.455 bits per heavy atom. The molecule has 520 valence electrons. The number of para-hydroxylation sites is 5. The summed E-state index contributed by atoms with van der Waals surface area (Å²) in [5.41, 5.74) is 23.3. The molecule has 0 aliphatic heterocycles. The van der Waals surface area contributed by atoms with E-state index < -0.39 is 8.24 Å². The molecule has 0 N–H and O–H groups in total. The lowest BCUT2D eigenvalue weighted by atomic mass is 10.0. The molecule has 0 aliphatic rings. The van der Waals surface area contributed by atoms with E-state index in [1.807, 2.05) is 84.9 Å². The molecule has 0 aliphatic carbocycles. The van der Waals surface area contributed by atoms with Gasteiger partial charge in [0, 0.05) is 93.3 Å². The lowest BCUT2D eigenvalue weighted by Crippen LogP contribution is -2.31. The molecule has 0 unspecified atom stereocenters. The monoisotopic (exact) mass is 1430 g/mol. The SMILES string of the molecule is C[Si](C)(C)n1c2ccccc2c2cc(-c3ccc4c(c3)c3ccccc3n4-c3cccc(-c4nc(-c5ccccc5)nc(-c5ccccc5)n4)c3)ccc21.c1ccc(-c2cccc(-c3nc(-c4ccccc4)nc(-n4c5ccccc5c5cc(-c6ccc7c(c6)c6ccccc6n7-c6ccccc6)ccc54)n3)c2)cc1. The van der Waals surface area contributed by atoms with Crippen molar-refractivity contribution >= 4 is 95.5 Å². The molecule has 0 radical (unpaired) electrons. The van der Waals surface area contributed by atoms with Gasteiger partial charge in [0.1, 0.15) is 0 Å². The van der Waals surface area contributed by atoms with Crippen LogP contribution in [0, 0.1) is 0 Å². The van der Waals surface area contributed by atoms with Crippen LogP contribution in [0.1, 0.15) is 0 Å². The first kappa shape index (κ1) is 65.3. The summed E-state index contributed by atoms with van der Waals surface area (Å²) in [5.74, 6) is 3.76. The van der Waals surface area contributed by atoms with Gasteiger partial charge >= 0.3 is 0 Å². The summed E-state index contributed by atoms with van der Waals surface area (Å²) >= 11 is 0. The molecule has 21 aromatic rings. The Bertz CT molecular complexity index is 7060. The lowest BCUT2D eigenvalue weighted by Gasteiger charge is -2.21. The third-order valence-electron chi connectivity index (χ3n) is 21.2. The molecule has 15 aromatic carbocycles. The highest BCUT2D eigenvalue weighted by atomic mass is 28.3. The molecule has 0 amide bonds. The summed E-state index contributed by atoms with van der Waals surface area (Å²) in [6.45, 7) is 7.25. The van der Waals surface area contributed by atoms with Crippen molar-refractivity contribution in [2.75, 3.05) is 0 Å². The average molecular weight is 1430 g/mol. The quantitative estimate of drug-likeness (QED) is 0.113. The van der Waals surface area contributed by atoms with Gasteiger partial charge in [-0.3, -0.25) is 4.57 Å². The Hall–Kier alpha value is -14.3. The van der Waals surface area contributed by atoms with E-state index in [4.69, 9.17) is 29.9 Å². The molecule has 11 heteroatoms. The number of hydrogen-bond acceptors (Lipinski definition) is 6. The first-order valence-corrected chi connectivity index (χ1v) is 40.8. The summed E-state index contributed by atoms with van der Waals surface area (Å²) in [4.78, 5) is 30.4. The van der Waals surface area contributed by atoms with Gasteiger partial charge in [0.05, 0.1) is 33.1 Å². The van der Waals surface area contributed by atoms with E-state index in [0.29, 0.717) is 35.1 Å². The van der Waals surface area contributed by atoms with Gasteiger partial charge in [-0.2, -0.15) is 9.97 Å². The standard InChI is InChI=1S/C51H33N5.C48H37N5Si/c1-4-15-34(16-5-1)36-19-14-20-39(31-36)50-52-49(35-17-6-2-7-18-35)53-51(54-50)56-46-26-13-11-24-42(46)44-33-38(28-30-48(44)56)37-27-29-47-43(32-37)41-23-10-12-25-45(41)55(47)40-21-8-3-9-22-40;1-54(2,3)53-44-24-13-11-22-39(44)41-31-35(26-28-45(41)53)34-25-27-43-40(30-34)38-21-10-12-23-42(38)52(43)37-20-14-19-36(29-37)48-50-46(32-15-6-4-7-16-32)49-47(51-48)33-17-8-5-9-18-33/h1-33H;4-31H,1-3H3. The van der Waals surface area contributed by atoms with Crippen molar-refractivity contribution in [3.05, 3.63) is 370 Å². The van der Waals surface area contributed by atoms with Crippen molar-refractivity contribution < 1.29 is 0 Å². The Balaban J connectivity index is 0.000000144. The number of rotatable bonds is 12. The van der Waals surface area contributed by atoms with Gasteiger partial charge in [-0.1, -0.05) is 287 Å². The minimum atomic E-state index is -1.66. The van der Waals surface area contributed by atoms with E-state index in [2.05, 4.69) is 323 Å². The largest absolute Gasteiger partial charge is 0.368 e. The summed E-state index contributed by atoms with van der Waals surface area (Å²) in [5, 5.41) is 9.81. The van der Waals surface area contributed by atoms with E-state index in [-0.39, 0.29) is 0 Å². The minimum absolute atomic E-state index is 0.577. The van der Waals surface area contributed by atoms with Crippen LogP contribution in [0.5, 0.6) is 0 Å². The molecule has 0 bridgehead atoms. The van der Waals surface area contributed by atoms with Gasteiger partial charge in [-0.05, 0) is 137 Å². The van der Waals surface area contributed by atoms with E-state index in [9.17, 15) is 0 Å². The topological polar surface area (TPSA) is 97.1 Å². The zero-order valence-electron chi connectivity index (χ0n) is 60.7. The number of nitrogens with zero attached hydrogens (tertiary/aromatic N) is 10. The maximum atomic E-state index is 5.22. The zero-order chi connectivity index (χ0) is 73.4. The third kappa shape index (κ3) is 11.6. The van der Waals surface area contributed by atoms with E-state index in [1.165, 1.54) is 71.1 Å². The van der Waals surface area contributed by atoms with Crippen LogP contribution in [-0.4, -0.2) is 56.1 Å². The molecule has 0 spiro atoms. The normalized spacial score (nSPS) is 11.8. The van der Waals surface area contributed by atoms with Crippen molar-refractivity contribution in [2.24, 2.45) is 0 Å². The van der Waals surface area contributed by atoms with Crippen molar-refractivity contribution in [1.82, 2.24) is 47.8 Å². The summed E-state index contributed by atoms with van der Waals surface area (Å²) < 4.78 is 9.51. The van der Waals surface area contributed by atoms with Gasteiger partial charge in [-0.25, -0.2) is 19.9 Å². The van der Waals surface area contributed by atoms with E-state index in [1.54, 1.807) is 0 Å². The van der Waals surface area contributed by atoms with Crippen LogP contribution in [-0.2, 0) is 0 Å². The molecule has 0 fully saturated rings. The van der Waals surface area contributed by atoms with Crippen molar-refractivity contribution in [1.29, 1.82) is 0 Å². The molecule has 110 heavy (non-hydrogen) atoms. The van der Waals surface area contributed by atoms with Crippen LogP contribution < -0.4 is 0 Å². The fraction of sp³-hybridized carbons (Fsp3) is 0.0303. The first-order chi connectivity index (χ1) is 54.2. The molecule has 10 nitrogen and oxygen atoms in total. The van der Waals surface area contributed by atoms with Crippen molar-refractivity contribution in [3.8, 4) is 108 Å². The highest BCUT2D eigenvalue weighted by Gasteiger charge is 2.25. The van der Waals surface area contributed by atoms with Crippen LogP contribution in [0.2, 0.25) is 19.6 Å². The Morgan fingerprint density at radius 1 is 0.182 bits per heavy atom. The molecular formula is C99H70N10Si. The molecule has 6 aromatic heterocycles. The number of aromatic nitrogens is 10. The zero-order valence-corrected chi connectivity index (χ0v) is 61.7. The average Bonchev–Trinajstić information content (AvgIpc) is 1.60. The summed E-state index contributed by atoms with van der Waals surface area (Å²) in [6, 6.07) is 131. The predicted octanol–water partition coefficient (Wildman–Crippen LogP) is 25.2. The molecule has 6 heterocycles. The van der Waals surface area contributed by atoms with Gasteiger partial charge in [-0.15, -0.1) is 0 Å². The molecule has 21 rings (SSSR count). The number of benzene rings is 15. The predicted molar refractivity (Wildman–Crippen MR) is 458 cm³/mol. The fourth-order valence-electron chi connectivity index (χ4n) is 16.2. The minimum Gasteiger partial charge on any atom is -0.368 e. The lowest BCUT2D eigenvalue weighted by molar-refractivity contribution is 0.953. The van der Waals surface area contributed by atoms with Crippen LogP contribution >= 0.6 is 0 Å². The van der Waals surface area contributed by atoms with Crippen LogP contribution in [0.25, 0.3) is 195 Å². The van der Waals surface area contributed by atoms with Gasteiger partial charge in [0.15, 0.2) is 37.4 Å². The van der Waals surface area contributed by atoms with Crippen molar-refractivity contribution in [2.45, 2.75) is 19.6 Å². The summed E-state index contributed by atoms with van der Waals surface area (Å²) in [7, 11) is -1.66. The molecule has 0 saturated heterocycles. The highest BCUT2D eigenvalue weighted by Crippen LogP contribution is 2.42. The molecule has 0 atom stereocenters. The second kappa shape index (κ2) is 27.0.